The highest BCUT2D eigenvalue weighted by atomic mass is 16.4. The van der Waals surface area contributed by atoms with Crippen LogP contribution in [0.4, 0.5) is 0 Å². The molecule has 1 amide bonds. The quantitative estimate of drug-likeness (QED) is 0.797. The van der Waals surface area contributed by atoms with Crippen LogP contribution in [0.1, 0.15) is 12.7 Å². The third-order valence-electron chi connectivity index (χ3n) is 2.24. The summed E-state index contributed by atoms with van der Waals surface area (Å²) in [6, 6.07) is 2.54. The number of rotatable bonds is 4. The van der Waals surface area contributed by atoms with Crippen molar-refractivity contribution in [3.8, 4) is 0 Å². The number of carboxylic acids is 1. The molecule has 0 bridgehead atoms. The van der Waals surface area contributed by atoms with Gasteiger partial charge in [-0.15, -0.1) is 0 Å². The molecule has 0 radical (unpaired) electrons. The first-order valence-electron chi connectivity index (χ1n) is 4.53. The minimum Gasteiger partial charge on any atom is -0.480 e. The predicted octanol–water partition coefficient (Wildman–Crippen LogP) is 0.754. The van der Waals surface area contributed by atoms with Gasteiger partial charge in [-0.05, 0) is 19.1 Å². The lowest BCUT2D eigenvalue weighted by Crippen LogP contribution is -2.40. The molecule has 1 atom stereocenters. The van der Waals surface area contributed by atoms with Crippen molar-refractivity contribution in [3.05, 3.63) is 24.2 Å². The molecule has 1 rings (SSSR count). The molecular formula is C10H13NO4. The van der Waals surface area contributed by atoms with Crippen LogP contribution in [0.25, 0.3) is 0 Å². The Labute approximate surface area is 87.3 Å². The fraction of sp³-hybridized carbons (Fsp3) is 0.400. The average Bonchev–Trinajstić information content (AvgIpc) is 2.67. The van der Waals surface area contributed by atoms with Crippen LogP contribution in [0.3, 0.4) is 0 Å². The van der Waals surface area contributed by atoms with Gasteiger partial charge in [-0.3, -0.25) is 4.79 Å². The van der Waals surface area contributed by atoms with E-state index in [-0.39, 0.29) is 12.3 Å². The van der Waals surface area contributed by atoms with Gasteiger partial charge in [-0.25, -0.2) is 4.79 Å². The molecule has 1 aromatic rings. The summed E-state index contributed by atoms with van der Waals surface area (Å²) in [4.78, 5) is 23.4. The zero-order valence-electron chi connectivity index (χ0n) is 8.64. The first kappa shape index (κ1) is 11.3. The minimum absolute atomic E-state index is 0.0844. The van der Waals surface area contributed by atoms with Crippen molar-refractivity contribution in [2.24, 2.45) is 0 Å². The van der Waals surface area contributed by atoms with E-state index in [0.29, 0.717) is 5.76 Å². The molecule has 1 heterocycles. The SMILES string of the molecule is CC(C(=O)O)N(C)C(=O)Cc1ccco1. The zero-order valence-corrected chi connectivity index (χ0v) is 8.64. The molecule has 82 valence electrons. The summed E-state index contributed by atoms with van der Waals surface area (Å²) in [5.74, 6) is -0.769. The van der Waals surface area contributed by atoms with Gasteiger partial charge >= 0.3 is 5.97 Å². The van der Waals surface area contributed by atoms with Crippen LogP contribution in [-0.2, 0) is 16.0 Å². The summed E-state index contributed by atoms with van der Waals surface area (Å²) >= 11 is 0. The molecule has 5 nitrogen and oxygen atoms in total. The summed E-state index contributed by atoms with van der Waals surface area (Å²) in [7, 11) is 1.46. The lowest BCUT2D eigenvalue weighted by atomic mass is 10.2. The van der Waals surface area contributed by atoms with E-state index in [1.54, 1.807) is 12.1 Å². The van der Waals surface area contributed by atoms with Crippen molar-refractivity contribution in [1.29, 1.82) is 0 Å². The van der Waals surface area contributed by atoms with E-state index < -0.39 is 12.0 Å². The Morgan fingerprint density at radius 3 is 2.73 bits per heavy atom. The Kier molecular flexibility index (Phi) is 3.49. The molecule has 1 unspecified atom stereocenters. The monoisotopic (exact) mass is 211 g/mol. The van der Waals surface area contributed by atoms with Gasteiger partial charge in [-0.1, -0.05) is 0 Å². The van der Waals surface area contributed by atoms with Crippen LogP contribution in [0.5, 0.6) is 0 Å². The first-order chi connectivity index (χ1) is 7.02. The molecular weight excluding hydrogens is 198 g/mol. The predicted molar refractivity (Wildman–Crippen MR) is 52.3 cm³/mol. The van der Waals surface area contributed by atoms with E-state index in [0.717, 1.165) is 0 Å². The lowest BCUT2D eigenvalue weighted by Gasteiger charge is -2.20. The van der Waals surface area contributed by atoms with Gasteiger partial charge in [0, 0.05) is 7.05 Å². The number of furan rings is 1. The summed E-state index contributed by atoms with van der Waals surface area (Å²) in [5.41, 5.74) is 0. The van der Waals surface area contributed by atoms with E-state index in [1.165, 1.54) is 25.1 Å². The van der Waals surface area contributed by atoms with Crippen LogP contribution < -0.4 is 0 Å². The Hall–Kier alpha value is -1.78. The number of hydrogen-bond acceptors (Lipinski definition) is 3. The van der Waals surface area contributed by atoms with Gasteiger partial charge in [0.05, 0.1) is 12.7 Å². The largest absolute Gasteiger partial charge is 0.480 e. The fourth-order valence-electron chi connectivity index (χ4n) is 1.07. The number of carboxylic acid groups (broad SMARTS) is 1. The zero-order chi connectivity index (χ0) is 11.4. The molecule has 0 aromatic carbocycles. The van der Waals surface area contributed by atoms with E-state index in [9.17, 15) is 9.59 Å². The van der Waals surface area contributed by atoms with Crippen LogP contribution in [0.15, 0.2) is 22.8 Å². The Morgan fingerprint density at radius 1 is 1.60 bits per heavy atom. The van der Waals surface area contributed by atoms with Gasteiger partial charge in [-0.2, -0.15) is 0 Å². The molecule has 0 fully saturated rings. The molecule has 0 aliphatic heterocycles. The number of nitrogens with zero attached hydrogens (tertiary/aromatic N) is 1. The number of aliphatic carboxylic acids is 1. The first-order valence-corrected chi connectivity index (χ1v) is 4.53. The van der Waals surface area contributed by atoms with Gasteiger partial charge in [0.25, 0.3) is 0 Å². The highest BCUT2D eigenvalue weighted by Gasteiger charge is 2.22. The van der Waals surface area contributed by atoms with Gasteiger partial charge < -0.3 is 14.4 Å². The second kappa shape index (κ2) is 4.63. The van der Waals surface area contributed by atoms with Crippen LogP contribution in [0, 0.1) is 0 Å². The highest BCUT2D eigenvalue weighted by molar-refractivity contribution is 5.84. The van der Waals surface area contributed by atoms with Crippen molar-refractivity contribution < 1.29 is 19.1 Å². The maximum atomic E-state index is 11.6. The molecule has 0 saturated heterocycles. The molecule has 0 aliphatic carbocycles. The molecule has 0 saturated carbocycles. The summed E-state index contributed by atoms with van der Waals surface area (Å²) in [5, 5.41) is 8.71. The number of carbonyl (C=O) groups excluding carboxylic acids is 1. The Bertz CT molecular complexity index is 344. The molecule has 1 aromatic heterocycles. The van der Waals surface area contributed by atoms with Crippen molar-refractivity contribution >= 4 is 11.9 Å². The topological polar surface area (TPSA) is 70.8 Å². The average molecular weight is 211 g/mol. The van der Waals surface area contributed by atoms with E-state index in [2.05, 4.69) is 0 Å². The fourth-order valence-corrected chi connectivity index (χ4v) is 1.07. The van der Waals surface area contributed by atoms with Crippen LogP contribution in [-0.4, -0.2) is 35.0 Å². The second-order valence-electron chi connectivity index (χ2n) is 3.27. The van der Waals surface area contributed by atoms with Gasteiger partial charge in [0.15, 0.2) is 0 Å². The molecule has 0 aliphatic rings. The number of hydrogen-bond donors (Lipinski definition) is 1. The van der Waals surface area contributed by atoms with Crippen LogP contribution >= 0.6 is 0 Å². The van der Waals surface area contributed by atoms with E-state index in [4.69, 9.17) is 9.52 Å². The Morgan fingerprint density at radius 2 is 2.27 bits per heavy atom. The van der Waals surface area contributed by atoms with Crippen molar-refractivity contribution in [2.75, 3.05) is 7.05 Å². The van der Waals surface area contributed by atoms with E-state index >= 15 is 0 Å². The summed E-state index contributed by atoms with van der Waals surface area (Å²) in [6.07, 6.45) is 1.56. The minimum atomic E-state index is -1.02. The van der Waals surface area contributed by atoms with Gasteiger partial charge in [0.1, 0.15) is 11.8 Å². The third-order valence-corrected chi connectivity index (χ3v) is 2.24. The Balaban J connectivity index is 2.57. The maximum Gasteiger partial charge on any atom is 0.326 e. The normalized spacial score (nSPS) is 12.1. The third kappa shape index (κ3) is 2.83. The highest BCUT2D eigenvalue weighted by Crippen LogP contribution is 2.05. The van der Waals surface area contributed by atoms with Crippen LogP contribution in [0.2, 0.25) is 0 Å². The lowest BCUT2D eigenvalue weighted by molar-refractivity contribution is -0.148. The molecule has 1 N–H and O–H groups in total. The summed E-state index contributed by atoms with van der Waals surface area (Å²) < 4.78 is 5.00. The summed E-state index contributed by atoms with van der Waals surface area (Å²) in [6.45, 7) is 1.46. The van der Waals surface area contributed by atoms with E-state index in [1.807, 2.05) is 0 Å². The standard InChI is InChI=1S/C10H13NO4/c1-7(10(13)14)11(2)9(12)6-8-4-3-5-15-8/h3-5,7H,6H2,1-2H3,(H,13,14). The smallest absolute Gasteiger partial charge is 0.326 e. The number of likely N-dealkylation sites (N-methyl/N-ethyl adjacent to an activating group) is 1. The molecule has 0 spiro atoms. The number of amides is 1. The van der Waals surface area contributed by atoms with Gasteiger partial charge in [0.2, 0.25) is 5.91 Å². The molecule has 15 heavy (non-hydrogen) atoms. The van der Waals surface area contributed by atoms with Crippen molar-refractivity contribution in [2.45, 2.75) is 19.4 Å². The van der Waals surface area contributed by atoms with Crippen molar-refractivity contribution in [1.82, 2.24) is 4.90 Å². The second-order valence-corrected chi connectivity index (χ2v) is 3.27. The number of carbonyl (C=O) groups is 2. The maximum absolute atomic E-state index is 11.6. The van der Waals surface area contributed by atoms with Crippen molar-refractivity contribution in [3.63, 3.8) is 0 Å². The molecule has 5 heteroatoms.